The van der Waals surface area contributed by atoms with Gasteiger partial charge in [0.1, 0.15) is 23.1 Å². The number of aromatic carboxylic acids is 1. The second kappa shape index (κ2) is 7.63. The van der Waals surface area contributed by atoms with Crippen LogP contribution < -0.4 is 9.47 Å². The minimum Gasteiger partial charge on any atom is -0.493 e. The monoisotopic (exact) mass is 318 g/mol. The molecule has 0 amide bonds. The molecular formula is C18H19FO4. The Labute approximate surface area is 134 Å². The predicted octanol–water partition coefficient (Wildman–Crippen LogP) is 4.74. The summed E-state index contributed by atoms with van der Waals surface area (Å²) >= 11 is 0. The van der Waals surface area contributed by atoms with E-state index in [0.29, 0.717) is 29.8 Å². The van der Waals surface area contributed by atoms with Crippen LogP contribution >= 0.6 is 0 Å². The summed E-state index contributed by atoms with van der Waals surface area (Å²) in [5.41, 5.74) is 0.0733. The highest BCUT2D eigenvalue weighted by Gasteiger charge is 2.10. The van der Waals surface area contributed by atoms with Crippen molar-refractivity contribution in [3.05, 3.63) is 53.8 Å². The molecule has 0 fully saturated rings. The second-order valence-electron chi connectivity index (χ2n) is 5.59. The summed E-state index contributed by atoms with van der Waals surface area (Å²) in [7, 11) is 0. The molecule has 0 aliphatic carbocycles. The molecular weight excluding hydrogens is 299 g/mol. The Kier molecular flexibility index (Phi) is 5.57. The van der Waals surface area contributed by atoms with E-state index < -0.39 is 5.97 Å². The summed E-state index contributed by atoms with van der Waals surface area (Å²) in [5.74, 6) is 0.242. The van der Waals surface area contributed by atoms with Gasteiger partial charge in [-0.25, -0.2) is 9.18 Å². The number of halogens is 1. The van der Waals surface area contributed by atoms with E-state index in [2.05, 4.69) is 13.8 Å². The largest absolute Gasteiger partial charge is 0.493 e. The summed E-state index contributed by atoms with van der Waals surface area (Å²) in [5, 5.41) is 9.19. The predicted molar refractivity (Wildman–Crippen MR) is 84.8 cm³/mol. The van der Waals surface area contributed by atoms with Crippen LogP contribution in [0.2, 0.25) is 0 Å². The number of hydrogen-bond acceptors (Lipinski definition) is 3. The zero-order valence-electron chi connectivity index (χ0n) is 13.1. The first-order valence-electron chi connectivity index (χ1n) is 7.38. The SMILES string of the molecule is CC(C)CCOc1cc(Oc2ccc(F)cc2)cc(C(=O)O)c1. The molecule has 0 saturated heterocycles. The van der Waals surface area contributed by atoms with Gasteiger partial charge in [0.05, 0.1) is 12.2 Å². The molecule has 0 radical (unpaired) electrons. The summed E-state index contributed by atoms with van der Waals surface area (Å²) in [6.45, 7) is 4.66. The van der Waals surface area contributed by atoms with E-state index in [0.717, 1.165) is 6.42 Å². The van der Waals surface area contributed by atoms with E-state index in [1.807, 2.05) is 0 Å². The topological polar surface area (TPSA) is 55.8 Å². The number of ether oxygens (including phenoxy) is 2. The van der Waals surface area contributed by atoms with Gasteiger partial charge >= 0.3 is 5.97 Å². The minimum absolute atomic E-state index is 0.0733. The average Bonchev–Trinajstić information content (AvgIpc) is 2.49. The lowest BCUT2D eigenvalue weighted by molar-refractivity contribution is 0.0696. The average molecular weight is 318 g/mol. The highest BCUT2D eigenvalue weighted by Crippen LogP contribution is 2.28. The van der Waals surface area contributed by atoms with E-state index >= 15 is 0 Å². The van der Waals surface area contributed by atoms with Gasteiger partial charge in [0.25, 0.3) is 0 Å². The van der Waals surface area contributed by atoms with Crippen LogP contribution in [0.4, 0.5) is 4.39 Å². The number of carboxylic acid groups (broad SMARTS) is 1. The third-order valence-corrected chi connectivity index (χ3v) is 3.14. The summed E-state index contributed by atoms with van der Waals surface area (Å²) in [6.07, 6.45) is 0.867. The molecule has 1 N–H and O–H groups in total. The highest BCUT2D eigenvalue weighted by molar-refractivity contribution is 5.88. The van der Waals surface area contributed by atoms with Crippen molar-refractivity contribution in [3.63, 3.8) is 0 Å². The van der Waals surface area contributed by atoms with Crippen LogP contribution in [0.3, 0.4) is 0 Å². The van der Waals surface area contributed by atoms with Crippen molar-refractivity contribution >= 4 is 5.97 Å². The molecule has 2 aromatic carbocycles. The normalized spacial score (nSPS) is 10.6. The molecule has 5 heteroatoms. The van der Waals surface area contributed by atoms with E-state index in [1.165, 1.54) is 36.4 Å². The Hall–Kier alpha value is -2.56. The molecule has 0 spiro atoms. The number of carbonyl (C=O) groups is 1. The maximum atomic E-state index is 12.9. The second-order valence-corrected chi connectivity index (χ2v) is 5.59. The molecule has 0 aliphatic rings. The van der Waals surface area contributed by atoms with Gasteiger partial charge in [0, 0.05) is 6.07 Å². The summed E-state index contributed by atoms with van der Waals surface area (Å²) in [4.78, 5) is 11.2. The zero-order chi connectivity index (χ0) is 16.8. The van der Waals surface area contributed by atoms with Crippen LogP contribution in [0.25, 0.3) is 0 Å². The molecule has 122 valence electrons. The molecule has 23 heavy (non-hydrogen) atoms. The zero-order valence-corrected chi connectivity index (χ0v) is 13.1. The maximum Gasteiger partial charge on any atom is 0.335 e. The highest BCUT2D eigenvalue weighted by atomic mass is 19.1. The molecule has 2 rings (SSSR count). The molecule has 0 atom stereocenters. The molecule has 0 bridgehead atoms. The first-order chi connectivity index (χ1) is 10.9. The first kappa shape index (κ1) is 16.8. The molecule has 0 saturated carbocycles. The quantitative estimate of drug-likeness (QED) is 0.801. The van der Waals surface area contributed by atoms with Gasteiger partial charge in [-0.2, -0.15) is 0 Å². The van der Waals surface area contributed by atoms with E-state index in [4.69, 9.17) is 9.47 Å². The van der Waals surface area contributed by atoms with E-state index in [-0.39, 0.29) is 11.4 Å². The van der Waals surface area contributed by atoms with Crippen LogP contribution in [0, 0.1) is 11.7 Å². The lowest BCUT2D eigenvalue weighted by atomic mass is 10.1. The molecule has 0 unspecified atom stereocenters. The van der Waals surface area contributed by atoms with Gasteiger partial charge in [-0.3, -0.25) is 0 Å². The molecule has 0 aliphatic heterocycles. The van der Waals surface area contributed by atoms with Crippen LogP contribution in [0.5, 0.6) is 17.2 Å². The summed E-state index contributed by atoms with van der Waals surface area (Å²) in [6, 6.07) is 9.98. The number of benzene rings is 2. The van der Waals surface area contributed by atoms with Crippen LogP contribution in [0.15, 0.2) is 42.5 Å². The fourth-order valence-electron chi connectivity index (χ4n) is 1.89. The van der Waals surface area contributed by atoms with Crippen molar-refractivity contribution in [3.8, 4) is 17.2 Å². The van der Waals surface area contributed by atoms with Crippen LogP contribution in [0.1, 0.15) is 30.6 Å². The lowest BCUT2D eigenvalue weighted by Gasteiger charge is -2.12. The molecule has 0 heterocycles. The third kappa shape index (κ3) is 5.29. The third-order valence-electron chi connectivity index (χ3n) is 3.14. The lowest BCUT2D eigenvalue weighted by Crippen LogP contribution is -2.03. The van der Waals surface area contributed by atoms with Gasteiger partial charge < -0.3 is 14.6 Å². The Balaban J connectivity index is 2.18. The Morgan fingerprint density at radius 2 is 1.74 bits per heavy atom. The molecule has 4 nitrogen and oxygen atoms in total. The number of rotatable bonds is 7. The van der Waals surface area contributed by atoms with Crippen molar-refractivity contribution in [1.29, 1.82) is 0 Å². The van der Waals surface area contributed by atoms with Crippen molar-refractivity contribution in [2.75, 3.05) is 6.61 Å². The van der Waals surface area contributed by atoms with Crippen molar-refractivity contribution in [2.45, 2.75) is 20.3 Å². The van der Waals surface area contributed by atoms with Crippen LogP contribution in [-0.2, 0) is 0 Å². The Morgan fingerprint density at radius 1 is 1.09 bits per heavy atom. The maximum absolute atomic E-state index is 12.9. The van der Waals surface area contributed by atoms with Gasteiger partial charge in [-0.1, -0.05) is 13.8 Å². The van der Waals surface area contributed by atoms with Gasteiger partial charge in [-0.15, -0.1) is 0 Å². The minimum atomic E-state index is -1.07. The fourth-order valence-corrected chi connectivity index (χ4v) is 1.89. The number of hydrogen-bond donors (Lipinski definition) is 1. The number of carboxylic acids is 1. The first-order valence-corrected chi connectivity index (χ1v) is 7.38. The molecule has 0 aromatic heterocycles. The smallest absolute Gasteiger partial charge is 0.335 e. The van der Waals surface area contributed by atoms with E-state index in [1.54, 1.807) is 6.07 Å². The van der Waals surface area contributed by atoms with E-state index in [9.17, 15) is 14.3 Å². The van der Waals surface area contributed by atoms with Gasteiger partial charge in [0.15, 0.2) is 0 Å². The van der Waals surface area contributed by atoms with Crippen LogP contribution in [-0.4, -0.2) is 17.7 Å². The fraction of sp³-hybridized carbons (Fsp3) is 0.278. The van der Waals surface area contributed by atoms with Gasteiger partial charge in [-0.05, 0) is 48.7 Å². The van der Waals surface area contributed by atoms with Crippen molar-refractivity contribution in [1.82, 2.24) is 0 Å². The Bertz CT molecular complexity index is 665. The standard InChI is InChI=1S/C18H19FO4/c1-12(2)7-8-22-16-9-13(18(20)21)10-17(11-16)23-15-5-3-14(19)4-6-15/h3-6,9-12H,7-8H2,1-2H3,(H,20,21). The molecule has 2 aromatic rings. The van der Waals surface area contributed by atoms with Crippen molar-refractivity contribution < 1.29 is 23.8 Å². The van der Waals surface area contributed by atoms with Crippen molar-refractivity contribution in [2.24, 2.45) is 5.92 Å². The Morgan fingerprint density at radius 3 is 2.35 bits per heavy atom. The summed E-state index contributed by atoms with van der Waals surface area (Å²) < 4.78 is 24.1. The van der Waals surface area contributed by atoms with Gasteiger partial charge in [0.2, 0.25) is 0 Å².